The van der Waals surface area contributed by atoms with E-state index in [0.29, 0.717) is 18.1 Å². The minimum atomic E-state index is 0.308. The molecule has 1 aliphatic carbocycles. The number of hydrogen-bond donors (Lipinski definition) is 3. The predicted octanol–water partition coefficient (Wildman–Crippen LogP) is -0.197. The van der Waals surface area contributed by atoms with E-state index >= 15 is 0 Å². The molecule has 66 valence electrons. The first-order valence-electron chi connectivity index (χ1n) is 4.47. The van der Waals surface area contributed by atoms with Crippen molar-refractivity contribution in [3.05, 3.63) is 0 Å². The number of rotatable bonds is 2. The van der Waals surface area contributed by atoms with Gasteiger partial charge in [0.05, 0.1) is 0 Å². The molecule has 0 bridgehead atoms. The maximum Gasteiger partial charge on any atom is 0.00964 e. The highest BCUT2D eigenvalue weighted by atomic mass is 14.9. The Morgan fingerprint density at radius 2 is 1.73 bits per heavy atom. The zero-order valence-corrected chi connectivity index (χ0v) is 7.22. The number of nitrogens with two attached hydrogens (primary N) is 2. The second-order valence-corrected chi connectivity index (χ2v) is 3.48. The zero-order valence-electron chi connectivity index (χ0n) is 7.22. The summed E-state index contributed by atoms with van der Waals surface area (Å²) in [5.41, 5.74) is 11.7. The molecule has 11 heavy (non-hydrogen) atoms. The quantitative estimate of drug-likeness (QED) is 0.520. The van der Waals surface area contributed by atoms with E-state index in [0.717, 1.165) is 25.8 Å². The monoisotopic (exact) mass is 157 g/mol. The summed E-state index contributed by atoms with van der Waals surface area (Å²) in [6, 6.07) is 1.17. The highest BCUT2D eigenvalue weighted by molar-refractivity contribution is 4.86. The van der Waals surface area contributed by atoms with Gasteiger partial charge in [-0.05, 0) is 25.8 Å². The zero-order chi connectivity index (χ0) is 8.27. The molecule has 0 spiro atoms. The van der Waals surface area contributed by atoms with Crippen LogP contribution in [0.15, 0.2) is 0 Å². The summed E-state index contributed by atoms with van der Waals surface area (Å²) in [6.45, 7) is 3.13. The second-order valence-electron chi connectivity index (χ2n) is 3.48. The third-order valence-electron chi connectivity index (χ3n) is 2.27. The van der Waals surface area contributed by atoms with Crippen LogP contribution < -0.4 is 16.8 Å². The first kappa shape index (κ1) is 8.97. The number of nitrogens with one attached hydrogen (secondary N) is 1. The van der Waals surface area contributed by atoms with E-state index in [4.69, 9.17) is 11.5 Å². The molecular formula is C8H19N3. The SMILES string of the molecule is CCNC1C[C@@H](N)C[C@@H](N)C1. The van der Waals surface area contributed by atoms with E-state index < -0.39 is 0 Å². The van der Waals surface area contributed by atoms with Crippen LogP contribution in [0.5, 0.6) is 0 Å². The van der Waals surface area contributed by atoms with Gasteiger partial charge in [-0.3, -0.25) is 0 Å². The van der Waals surface area contributed by atoms with Crippen molar-refractivity contribution >= 4 is 0 Å². The van der Waals surface area contributed by atoms with Gasteiger partial charge in [0.1, 0.15) is 0 Å². The molecule has 5 N–H and O–H groups in total. The normalized spacial score (nSPS) is 39.0. The van der Waals surface area contributed by atoms with Crippen molar-refractivity contribution in [3.8, 4) is 0 Å². The van der Waals surface area contributed by atoms with Crippen molar-refractivity contribution in [3.63, 3.8) is 0 Å². The van der Waals surface area contributed by atoms with E-state index in [1.54, 1.807) is 0 Å². The largest absolute Gasteiger partial charge is 0.328 e. The summed E-state index contributed by atoms with van der Waals surface area (Å²) in [4.78, 5) is 0. The van der Waals surface area contributed by atoms with Crippen molar-refractivity contribution in [1.82, 2.24) is 5.32 Å². The van der Waals surface area contributed by atoms with Crippen molar-refractivity contribution < 1.29 is 0 Å². The summed E-state index contributed by atoms with van der Waals surface area (Å²) in [5, 5.41) is 3.39. The highest BCUT2D eigenvalue weighted by Gasteiger charge is 2.23. The fraction of sp³-hybridized carbons (Fsp3) is 1.00. The van der Waals surface area contributed by atoms with Gasteiger partial charge in [-0.1, -0.05) is 6.92 Å². The fourth-order valence-corrected chi connectivity index (χ4v) is 1.86. The van der Waals surface area contributed by atoms with Crippen LogP contribution in [0.1, 0.15) is 26.2 Å². The molecule has 0 radical (unpaired) electrons. The molecular weight excluding hydrogens is 138 g/mol. The summed E-state index contributed by atoms with van der Waals surface area (Å²) >= 11 is 0. The highest BCUT2D eigenvalue weighted by Crippen LogP contribution is 2.15. The average Bonchev–Trinajstić information content (AvgIpc) is 1.85. The standard InChI is InChI=1S/C8H19N3/c1-2-11-8-4-6(9)3-7(10)5-8/h6-8,11H,2-5,9-10H2,1H3/t6-,7+,8?. The minimum Gasteiger partial charge on any atom is -0.328 e. The molecule has 0 amide bonds. The Morgan fingerprint density at radius 3 is 2.18 bits per heavy atom. The van der Waals surface area contributed by atoms with Gasteiger partial charge in [-0.15, -0.1) is 0 Å². The Bertz CT molecular complexity index is 106. The molecule has 1 saturated carbocycles. The summed E-state index contributed by atoms with van der Waals surface area (Å²) in [5.74, 6) is 0. The van der Waals surface area contributed by atoms with E-state index in [2.05, 4.69) is 12.2 Å². The number of hydrogen-bond acceptors (Lipinski definition) is 3. The Labute approximate surface area is 68.5 Å². The molecule has 1 aliphatic rings. The first-order chi connectivity index (χ1) is 5.22. The van der Waals surface area contributed by atoms with Crippen molar-refractivity contribution in [1.29, 1.82) is 0 Å². The third-order valence-corrected chi connectivity index (χ3v) is 2.27. The van der Waals surface area contributed by atoms with Crippen LogP contribution in [-0.4, -0.2) is 24.7 Å². The molecule has 0 aromatic carbocycles. The van der Waals surface area contributed by atoms with Gasteiger partial charge in [0.25, 0.3) is 0 Å². The maximum absolute atomic E-state index is 5.83. The van der Waals surface area contributed by atoms with Crippen molar-refractivity contribution in [2.24, 2.45) is 11.5 Å². The molecule has 1 unspecified atom stereocenters. The van der Waals surface area contributed by atoms with Crippen molar-refractivity contribution in [2.45, 2.75) is 44.3 Å². The van der Waals surface area contributed by atoms with Crippen LogP contribution in [0.3, 0.4) is 0 Å². The van der Waals surface area contributed by atoms with Crippen LogP contribution in [0.4, 0.5) is 0 Å². The smallest absolute Gasteiger partial charge is 0.00964 e. The average molecular weight is 157 g/mol. The first-order valence-corrected chi connectivity index (χ1v) is 4.47. The molecule has 3 atom stereocenters. The molecule has 3 nitrogen and oxygen atoms in total. The maximum atomic E-state index is 5.83. The summed E-state index contributed by atoms with van der Waals surface area (Å²) < 4.78 is 0. The van der Waals surface area contributed by atoms with Crippen LogP contribution in [-0.2, 0) is 0 Å². The minimum absolute atomic E-state index is 0.308. The van der Waals surface area contributed by atoms with Crippen LogP contribution >= 0.6 is 0 Å². The Balaban J connectivity index is 2.30. The van der Waals surface area contributed by atoms with Crippen LogP contribution in [0.25, 0.3) is 0 Å². The van der Waals surface area contributed by atoms with Gasteiger partial charge in [0.15, 0.2) is 0 Å². The van der Waals surface area contributed by atoms with Gasteiger partial charge < -0.3 is 16.8 Å². The molecule has 0 aromatic rings. The fourth-order valence-electron chi connectivity index (χ4n) is 1.86. The lowest BCUT2D eigenvalue weighted by molar-refractivity contribution is 0.312. The molecule has 0 aliphatic heterocycles. The lowest BCUT2D eigenvalue weighted by atomic mass is 9.88. The molecule has 1 rings (SSSR count). The lowest BCUT2D eigenvalue weighted by Gasteiger charge is -2.31. The Morgan fingerprint density at radius 1 is 1.18 bits per heavy atom. The van der Waals surface area contributed by atoms with E-state index in [9.17, 15) is 0 Å². The predicted molar refractivity (Wildman–Crippen MR) is 47.3 cm³/mol. The van der Waals surface area contributed by atoms with E-state index in [-0.39, 0.29) is 0 Å². The second kappa shape index (κ2) is 4.04. The molecule has 3 heteroatoms. The molecule has 0 heterocycles. The van der Waals surface area contributed by atoms with Gasteiger partial charge in [-0.25, -0.2) is 0 Å². The summed E-state index contributed by atoms with van der Waals surface area (Å²) in [6.07, 6.45) is 3.16. The van der Waals surface area contributed by atoms with Gasteiger partial charge in [0, 0.05) is 18.1 Å². The third kappa shape index (κ3) is 2.77. The molecule has 0 aromatic heterocycles. The Kier molecular flexibility index (Phi) is 3.30. The van der Waals surface area contributed by atoms with Crippen molar-refractivity contribution in [2.75, 3.05) is 6.54 Å². The molecule has 1 fully saturated rings. The lowest BCUT2D eigenvalue weighted by Crippen LogP contribution is -2.47. The van der Waals surface area contributed by atoms with E-state index in [1.165, 1.54) is 0 Å². The van der Waals surface area contributed by atoms with Gasteiger partial charge in [0.2, 0.25) is 0 Å². The van der Waals surface area contributed by atoms with Crippen LogP contribution in [0, 0.1) is 0 Å². The Hall–Kier alpha value is -0.120. The van der Waals surface area contributed by atoms with Gasteiger partial charge in [-0.2, -0.15) is 0 Å². The molecule has 0 saturated heterocycles. The van der Waals surface area contributed by atoms with Crippen LogP contribution in [0.2, 0.25) is 0 Å². The summed E-state index contributed by atoms with van der Waals surface area (Å²) in [7, 11) is 0. The van der Waals surface area contributed by atoms with E-state index in [1.807, 2.05) is 0 Å². The van der Waals surface area contributed by atoms with Gasteiger partial charge >= 0.3 is 0 Å². The topological polar surface area (TPSA) is 64.1 Å².